The number of esters is 1. The molecule has 0 aliphatic carbocycles. The number of aromatic amines is 1. The predicted molar refractivity (Wildman–Crippen MR) is 244 cm³/mol. The van der Waals surface area contributed by atoms with Crippen molar-refractivity contribution < 1.29 is 55.6 Å². The molecule has 1 aliphatic heterocycles. The first-order valence-electron chi connectivity index (χ1n) is 22.7. The number of benzene rings is 2. The quantitative estimate of drug-likeness (QED) is 0.0204. The number of rotatable bonds is 28. The number of carbonyl (C=O) groups excluding carboxylic acids is 2. The molecule has 1 fully saturated rings. The molecule has 1 saturated heterocycles. The Labute approximate surface area is 384 Å². The van der Waals surface area contributed by atoms with Gasteiger partial charge in [-0.15, -0.1) is 0 Å². The maximum Gasteiger partial charge on any atom is 0.312 e. The lowest BCUT2D eigenvalue weighted by Crippen LogP contribution is -2.47. The van der Waals surface area contributed by atoms with Gasteiger partial charge in [-0.3, -0.25) is 14.5 Å². The number of aryl methyl sites for hydroxylation is 1. The standard InChI is InChI=1S/C47H67F4N7O8/c1-7-8-9-37-54-42-33-26-32(10-11-36(33)53-45(52)43(42)55-37)57-15-13-56(14-16-57)17-20-63-21-18-58(38(59)12-19-62-24-25-64-23-22-61-6)29-47(4,5)31-65-30-46(2,3)28-39(60)66-44-40(50)34(48)27-35(49)41(44)51/h10-11,26-27H,7-9,12-25,28-31H2,1-6H3,(H2,52,53)(H,54,55). The Bertz CT molecular complexity index is 2180. The molecular formula is C47H67F4N7O8. The van der Waals surface area contributed by atoms with Gasteiger partial charge < -0.3 is 48.9 Å². The summed E-state index contributed by atoms with van der Waals surface area (Å²) in [5.74, 6) is -8.24. The highest BCUT2D eigenvalue weighted by Crippen LogP contribution is 2.32. The summed E-state index contributed by atoms with van der Waals surface area (Å²) in [6.45, 7) is 17.1. The first kappa shape index (κ1) is 52.3. The summed E-state index contributed by atoms with van der Waals surface area (Å²) in [6.07, 6.45) is 2.77. The number of halogens is 4. The van der Waals surface area contributed by atoms with Crippen LogP contribution in [0, 0.1) is 34.1 Å². The highest BCUT2D eigenvalue weighted by molar-refractivity contribution is 6.07. The molecular weight excluding hydrogens is 867 g/mol. The van der Waals surface area contributed by atoms with E-state index in [4.69, 9.17) is 39.1 Å². The predicted octanol–water partition coefficient (Wildman–Crippen LogP) is 6.69. The molecule has 15 nitrogen and oxygen atoms in total. The second-order valence-electron chi connectivity index (χ2n) is 18.2. The van der Waals surface area contributed by atoms with Crippen molar-refractivity contribution in [3.05, 3.63) is 53.4 Å². The minimum Gasteiger partial charge on any atom is -0.420 e. The van der Waals surface area contributed by atoms with E-state index in [1.54, 1.807) is 25.9 Å². The lowest BCUT2D eigenvalue weighted by Gasteiger charge is -2.36. The number of nitrogens with one attached hydrogen (secondary N) is 1. The van der Waals surface area contributed by atoms with Crippen molar-refractivity contribution in [1.82, 2.24) is 24.8 Å². The van der Waals surface area contributed by atoms with Crippen LogP contribution in [0.2, 0.25) is 0 Å². The molecule has 66 heavy (non-hydrogen) atoms. The molecule has 1 aliphatic rings. The van der Waals surface area contributed by atoms with Gasteiger partial charge in [0.05, 0.1) is 83.3 Å². The average Bonchev–Trinajstić information content (AvgIpc) is 3.72. The summed E-state index contributed by atoms with van der Waals surface area (Å²) in [7, 11) is 1.60. The third-order valence-corrected chi connectivity index (χ3v) is 11.2. The number of anilines is 2. The lowest BCUT2D eigenvalue weighted by atomic mass is 9.90. The lowest BCUT2D eigenvalue weighted by molar-refractivity contribution is -0.139. The van der Waals surface area contributed by atoms with Crippen LogP contribution in [0.4, 0.5) is 29.1 Å². The van der Waals surface area contributed by atoms with E-state index in [-0.39, 0.29) is 44.6 Å². The molecule has 0 saturated carbocycles. The van der Waals surface area contributed by atoms with Crippen LogP contribution in [-0.4, -0.2) is 149 Å². The van der Waals surface area contributed by atoms with Crippen LogP contribution >= 0.6 is 0 Å². The van der Waals surface area contributed by atoms with E-state index in [0.29, 0.717) is 64.1 Å². The summed E-state index contributed by atoms with van der Waals surface area (Å²) >= 11 is 0. The van der Waals surface area contributed by atoms with E-state index >= 15 is 0 Å². The van der Waals surface area contributed by atoms with Crippen molar-refractivity contribution in [2.75, 3.05) is 123 Å². The van der Waals surface area contributed by atoms with Crippen LogP contribution in [0.15, 0.2) is 24.3 Å². The van der Waals surface area contributed by atoms with Crippen molar-refractivity contribution in [2.45, 2.75) is 66.7 Å². The number of imidazole rings is 1. The maximum atomic E-state index is 14.1. The number of H-pyrrole nitrogens is 1. The minimum atomic E-state index is -1.80. The molecule has 0 radical (unpaired) electrons. The Morgan fingerprint density at radius 3 is 2.20 bits per heavy atom. The minimum absolute atomic E-state index is 0.0313. The topological polar surface area (TPSA) is 167 Å². The van der Waals surface area contributed by atoms with Gasteiger partial charge in [-0.05, 0) is 30.0 Å². The van der Waals surface area contributed by atoms with Crippen LogP contribution in [0.3, 0.4) is 0 Å². The van der Waals surface area contributed by atoms with Crippen LogP contribution in [0.5, 0.6) is 5.75 Å². The van der Waals surface area contributed by atoms with Gasteiger partial charge in [0, 0.05) is 81.9 Å². The number of pyridine rings is 1. The summed E-state index contributed by atoms with van der Waals surface area (Å²) in [4.78, 5) is 45.5. The highest BCUT2D eigenvalue weighted by Gasteiger charge is 2.30. The normalized spacial score (nSPS) is 13.9. The zero-order valence-corrected chi connectivity index (χ0v) is 39.2. The van der Waals surface area contributed by atoms with Crippen LogP contribution in [0.1, 0.15) is 66.1 Å². The molecule has 3 N–H and O–H groups in total. The third kappa shape index (κ3) is 15.4. The van der Waals surface area contributed by atoms with Gasteiger partial charge >= 0.3 is 5.97 Å². The van der Waals surface area contributed by atoms with Gasteiger partial charge in [0.2, 0.25) is 23.3 Å². The molecule has 0 atom stereocenters. The van der Waals surface area contributed by atoms with Gasteiger partial charge in [0.15, 0.2) is 17.5 Å². The smallest absolute Gasteiger partial charge is 0.312 e. The molecule has 19 heteroatoms. The highest BCUT2D eigenvalue weighted by atomic mass is 19.2. The molecule has 3 heterocycles. The number of methoxy groups -OCH3 is 1. The monoisotopic (exact) mass is 933 g/mol. The molecule has 4 aromatic rings. The largest absolute Gasteiger partial charge is 0.420 e. The Balaban J connectivity index is 1.08. The number of hydrogen-bond donors (Lipinski definition) is 2. The zero-order valence-electron chi connectivity index (χ0n) is 39.2. The van der Waals surface area contributed by atoms with Gasteiger partial charge in [0.1, 0.15) is 11.3 Å². The van der Waals surface area contributed by atoms with Crippen LogP contribution in [0.25, 0.3) is 21.9 Å². The Morgan fingerprint density at radius 2 is 1.50 bits per heavy atom. The third-order valence-electron chi connectivity index (χ3n) is 11.2. The van der Waals surface area contributed by atoms with E-state index in [1.807, 2.05) is 19.9 Å². The molecule has 5 rings (SSSR count). The second-order valence-corrected chi connectivity index (χ2v) is 18.2. The molecule has 1 amide bonds. The number of carbonyl (C=O) groups is 2. The first-order valence-corrected chi connectivity index (χ1v) is 22.7. The van der Waals surface area contributed by atoms with E-state index in [1.165, 1.54) is 0 Å². The van der Waals surface area contributed by atoms with E-state index in [2.05, 4.69) is 38.8 Å². The fourth-order valence-electron chi connectivity index (χ4n) is 7.64. The number of fused-ring (bicyclic) bond motifs is 3. The van der Waals surface area contributed by atoms with Gasteiger partial charge in [-0.25, -0.2) is 18.7 Å². The number of nitrogens with two attached hydrogens (primary N) is 1. The summed E-state index contributed by atoms with van der Waals surface area (Å²) in [5, 5.41) is 1.00. The number of unbranched alkanes of at least 4 members (excludes halogenated alkanes) is 1. The number of ether oxygens (including phenoxy) is 6. The number of amides is 1. The number of nitrogens with zero attached hydrogens (tertiary/aromatic N) is 5. The van der Waals surface area contributed by atoms with Crippen molar-refractivity contribution in [1.29, 1.82) is 0 Å². The number of nitrogen functional groups attached to an aromatic ring is 1. The molecule has 0 bridgehead atoms. The SMILES string of the molecule is CCCCc1nc2c(N)nc3ccc(N4CCN(CCOCCN(CC(C)(C)COCC(C)(C)CC(=O)Oc5c(F)c(F)cc(F)c5F)C(=O)CCOCCOCCOC)CC4)cc3c2[nH]1. The molecule has 366 valence electrons. The molecule has 2 aromatic carbocycles. The van der Waals surface area contributed by atoms with E-state index in [0.717, 1.165) is 79.9 Å². The number of piperazine rings is 1. The van der Waals surface area contributed by atoms with E-state index in [9.17, 15) is 27.2 Å². The van der Waals surface area contributed by atoms with Gasteiger partial charge in [0.25, 0.3) is 0 Å². The summed E-state index contributed by atoms with van der Waals surface area (Å²) in [6, 6.07) is 6.32. The van der Waals surface area contributed by atoms with Crippen molar-refractivity contribution in [3.8, 4) is 5.75 Å². The van der Waals surface area contributed by atoms with Crippen molar-refractivity contribution >= 4 is 45.3 Å². The Morgan fingerprint density at radius 1 is 0.833 bits per heavy atom. The first-order chi connectivity index (χ1) is 31.5. The van der Waals surface area contributed by atoms with Crippen molar-refractivity contribution in [2.24, 2.45) is 10.8 Å². The van der Waals surface area contributed by atoms with Crippen molar-refractivity contribution in [3.63, 3.8) is 0 Å². The van der Waals surface area contributed by atoms with Crippen LogP contribution < -0.4 is 15.4 Å². The Hall–Kier alpha value is -4.66. The zero-order chi connectivity index (χ0) is 47.9. The summed E-state index contributed by atoms with van der Waals surface area (Å²) < 4.78 is 88.3. The Kier molecular flexibility index (Phi) is 19.8. The molecule has 2 aromatic heterocycles. The van der Waals surface area contributed by atoms with Gasteiger partial charge in [-0.2, -0.15) is 8.78 Å². The maximum absolute atomic E-state index is 14.1. The fraction of sp³-hybridized carbons (Fsp3) is 0.617. The number of aromatic nitrogens is 3. The molecule has 0 unspecified atom stereocenters. The fourth-order valence-corrected chi connectivity index (χ4v) is 7.64. The van der Waals surface area contributed by atoms with Crippen LogP contribution in [-0.2, 0) is 39.7 Å². The average molecular weight is 934 g/mol. The number of hydrogen-bond acceptors (Lipinski definition) is 13. The van der Waals surface area contributed by atoms with Gasteiger partial charge in [-0.1, -0.05) is 41.0 Å². The second kappa shape index (κ2) is 24.9. The molecule has 0 spiro atoms. The van der Waals surface area contributed by atoms with E-state index < -0.39 is 45.8 Å². The summed E-state index contributed by atoms with van der Waals surface area (Å²) in [5.41, 5.74) is 8.44.